The Balaban J connectivity index is 1.65. The van der Waals surface area contributed by atoms with Crippen LogP contribution in [0, 0.1) is 10.5 Å². The van der Waals surface area contributed by atoms with E-state index in [1.807, 2.05) is 41.5 Å². The lowest BCUT2D eigenvalue weighted by Crippen LogP contribution is -2.43. The average Bonchev–Trinajstić information content (AvgIpc) is 3.02. The molecule has 3 heterocycles. The van der Waals surface area contributed by atoms with Gasteiger partial charge in [-0.25, -0.2) is 18.1 Å². The quantitative estimate of drug-likeness (QED) is 0.258. The van der Waals surface area contributed by atoms with E-state index in [0.29, 0.717) is 15.7 Å². The van der Waals surface area contributed by atoms with Crippen LogP contribution in [-0.2, 0) is 35.8 Å². The third-order valence-corrected chi connectivity index (χ3v) is 8.15. The summed E-state index contributed by atoms with van der Waals surface area (Å²) in [5.74, 6) is -4.14. The highest BCUT2D eigenvalue weighted by molar-refractivity contribution is 7.71. The minimum Gasteiger partial charge on any atom is -0.403 e. The Bertz CT molecular complexity index is 1570. The highest BCUT2D eigenvalue weighted by Gasteiger charge is 2.58. The normalized spacial score (nSPS) is 30.9. The number of hydrogen-bond donors (Lipinski definition) is 3. The van der Waals surface area contributed by atoms with Crippen molar-refractivity contribution in [3.05, 3.63) is 55.5 Å². The summed E-state index contributed by atoms with van der Waals surface area (Å²) in [6, 6.07) is 1.60. The number of aromatic amines is 1. The van der Waals surface area contributed by atoms with Crippen molar-refractivity contribution in [1.29, 1.82) is 0 Å². The van der Waals surface area contributed by atoms with Gasteiger partial charge in [0.15, 0.2) is 12.5 Å². The molecule has 11 nitrogen and oxygen atoms in total. The summed E-state index contributed by atoms with van der Waals surface area (Å²) >= 11 is 4.84. The second-order valence-electron chi connectivity index (χ2n) is 11.6. The van der Waals surface area contributed by atoms with Crippen LogP contribution >= 0.6 is 20.0 Å². The number of fused-ring (bicyclic) bond motifs is 1. The predicted molar refractivity (Wildman–Crippen MR) is 140 cm³/mol. The summed E-state index contributed by atoms with van der Waals surface area (Å²) in [4.78, 5) is 25.8. The minimum atomic E-state index is -4.68. The number of aromatic nitrogens is 2. The Morgan fingerprint density at radius 1 is 1.30 bits per heavy atom. The Morgan fingerprint density at radius 2 is 1.93 bits per heavy atom. The molecule has 0 saturated carbocycles. The number of ether oxygens (including phenoxy) is 1. The molecule has 1 fully saturated rings. The molecule has 2 aromatic rings. The van der Waals surface area contributed by atoms with E-state index in [1.54, 1.807) is 6.07 Å². The standard InChI is InChI=1S/C25H31F2N2O9PS/c1-23(2,3)14-7-15(24(4,5)6)18-13(16(14)26)10-35-39(34,38-18)36-11-25(27)19(32)17(31)21(37-25)29-8-12(9-30)20(40)28-22(29)33/h7-9,17,19,21,31-32H,10-11H2,1-6H3,(H,28,33,40)/t17-,19+,21-,25-,39?/m1/s1/i21D. The van der Waals surface area contributed by atoms with Gasteiger partial charge in [-0.05, 0) is 22.5 Å². The van der Waals surface area contributed by atoms with Gasteiger partial charge in [-0.3, -0.25) is 23.4 Å². The smallest absolute Gasteiger partial charge is 0.403 e. The molecule has 3 N–H and O–H groups in total. The van der Waals surface area contributed by atoms with Gasteiger partial charge in [0.2, 0.25) is 0 Å². The van der Waals surface area contributed by atoms with E-state index in [0.717, 1.165) is 6.20 Å². The first kappa shape index (κ1) is 29.2. The fourth-order valence-corrected chi connectivity index (χ4v) is 5.67. The number of carbonyl (C=O) groups is 1. The molecule has 1 unspecified atom stereocenters. The van der Waals surface area contributed by atoms with Crippen molar-refractivity contribution < 1.29 is 48.0 Å². The number of alkyl halides is 1. The van der Waals surface area contributed by atoms with E-state index in [9.17, 15) is 24.4 Å². The lowest BCUT2D eigenvalue weighted by atomic mass is 9.78. The number of nitrogens with zero attached hydrogens (tertiary/aromatic N) is 1. The number of hydrogen-bond acceptors (Lipinski definition) is 10. The number of rotatable bonds is 5. The van der Waals surface area contributed by atoms with Crippen molar-refractivity contribution in [3.63, 3.8) is 0 Å². The molecular weight excluding hydrogens is 573 g/mol. The molecule has 40 heavy (non-hydrogen) atoms. The predicted octanol–water partition coefficient (Wildman–Crippen LogP) is 4.10. The van der Waals surface area contributed by atoms with E-state index in [2.05, 4.69) is 4.98 Å². The zero-order chi connectivity index (χ0) is 30.9. The van der Waals surface area contributed by atoms with Crippen LogP contribution in [0.2, 0.25) is 0 Å². The molecular formula is C25H31F2N2O9PS. The fourth-order valence-electron chi connectivity index (χ4n) is 4.25. The number of aldehydes is 1. The Labute approximate surface area is 235 Å². The van der Waals surface area contributed by atoms with Gasteiger partial charge >= 0.3 is 13.5 Å². The molecule has 1 aromatic heterocycles. The third-order valence-electron chi connectivity index (χ3n) is 6.52. The average molecular weight is 606 g/mol. The van der Waals surface area contributed by atoms with Gasteiger partial charge < -0.3 is 19.5 Å². The molecule has 0 amide bonds. The summed E-state index contributed by atoms with van der Waals surface area (Å²) in [6.45, 7) is 9.04. The fraction of sp³-hybridized carbons (Fsp3) is 0.560. The van der Waals surface area contributed by atoms with Gasteiger partial charge in [0.1, 0.15) is 35.0 Å². The summed E-state index contributed by atoms with van der Waals surface area (Å²) in [6.07, 6.45) is -6.90. The van der Waals surface area contributed by atoms with Gasteiger partial charge in [-0.15, -0.1) is 0 Å². The Kier molecular flexibility index (Phi) is 7.44. The van der Waals surface area contributed by atoms with Crippen molar-refractivity contribution in [1.82, 2.24) is 9.55 Å². The molecule has 0 aliphatic carbocycles. The third kappa shape index (κ3) is 5.46. The highest BCUT2D eigenvalue weighted by atomic mass is 32.1. The number of H-pyrrole nitrogens is 1. The molecule has 15 heteroatoms. The topological polar surface area (TPSA) is 149 Å². The zero-order valence-corrected chi connectivity index (χ0v) is 24.3. The maximum absolute atomic E-state index is 15.9. The van der Waals surface area contributed by atoms with E-state index < -0.39 is 67.6 Å². The van der Waals surface area contributed by atoms with Gasteiger partial charge in [0.25, 0.3) is 5.85 Å². The lowest BCUT2D eigenvalue weighted by Gasteiger charge is -2.34. The van der Waals surface area contributed by atoms with Crippen LogP contribution in [0.15, 0.2) is 17.1 Å². The maximum atomic E-state index is 15.9. The number of phosphoric ester groups is 1. The van der Waals surface area contributed by atoms with Crippen LogP contribution in [0.4, 0.5) is 8.78 Å². The summed E-state index contributed by atoms with van der Waals surface area (Å²) in [5, 5.41) is 21.0. The second kappa shape index (κ2) is 10.2. The van der Waals surface area contributed by atoms with Crippen LogP contribution in [0.3, 0.4) is 0 Å². The first-order valence-corrected chi connectivity index (χ1v) is 14.1. The molecule has 2 aliphatic heterocycles. The molecule has 4 rings (SSSR count). The molecule has 0 bridgehead atoms. The number of carbonyl (C=O) groups excluding carboxylic acids is 1. The first-order valence-electron chi connectivity index (χ1n) is 12.7. The molecule has 220 valence electrons. The SMILES string of the molecule is [2H][C@@]1(n2cc(C=O)c(=S)[nH]c2=O)O[C@](F)(COP2(=O)OCc3c(F)c(C(C)(C)C)cc(C(C)(C)C)c3O2)[C@@H](O)[C@H]1O. The summed E-state index contributed by atoms with van der Waals surface area (Å²) < 4.78 is 74.2. The summed E-state index contributed by atoms with van der Waals surface area (Å²) in [5.41, 5.74) is -1.77. The number of aliphatic hydroxyl groups is 2. The van der Waals surface area contributed by atoms with Crippen molar-refractivity contribution in [2.45, 2.75) is 83.2 Å². The molecule has 2 aliphatic rings. The monoisotopic (exact) mass is 605 g/mol. The molecule has 5 atom stereocenters. The first-order chi connectivity index (χ1) is 18.7. The number of aliphatic hydroxyl groups excluding tert-OH is 2. The van der Waals surface area contributed by atoms with Crippen LogP contribution in [0.1, 0.15) is 76.2 Å². The molecule has 1 saturated heterocycles. The van der Waals surface area contributed by atoms with E-state index in [1.165, 1.54) is 0 Å². The number of nitrogens with one attached hydrogen (secondary N) is 1. The largest absolute Gasteiger partial charge is 0.530 e. The zero-order valence-electron chi connectivity index (χ0n) is 23.6. The molecule has 0 spiro atoms. The van der Waals surface area contributed by atoms with Gasteiger partial charge in [0.05, 0.1) is 19.1 Å². The van der Waals surface area contributed by atoms with Crippen LogP contribution in [-0.4, -0.2) is 50.7 Å². The lowest BCUT2D eigenvalue weighted by molar-refractivity contribution is -0.205. The van der Waals surface area contributed by atoms with Gasteiger partial charge in [-0.2, -0.15) is 0 Å². The van der Waals surface area contributed by atoms with Crippen molar-refractivity contribution in [2.75, 3.05) is 6.61 Å². The molecule has 1 aromatic carbocycles. The van der Waals surface area contributed by atoms with Gasteiger partial charge in [-0.1, -0.05) is 53.8 Å². The van der Waals surface area contributed by atoms with E-state index >= 15 is 8.78 Å². The van der Waals surface area contributed by atoms with Crippen molar-refractivity contribution >= 4 is 26.3 Å². The van der Waals surface area contributed by atoms with E-state index in [-0.39, 0.29) is 27.8 Å². The highest BCUT2D eigenvalue weighted by Crippen LogP contribution is 2.58. The Morgan fingerprint density at radius 3 is 2.50 bits per heavy atom. The van der Waals surface area contributed by atoms with Gasteiger partial charge in [0, 0.05) is 11.8 Å². The minimum absolute atomic E-state index is 0.00284. The van der Waals surface area contributed by atoms with Crippen LogP contribution in [0.25, 0.3) is 0 Å². The molecule has 0 radical (unpaired) electrons. The van der Waals surface area contributed by atoms with Crippen molar-refractivity contribution in [2.24, 2.45) is 0 Å². The van der Waals surface area contributed by atoms with Crippen LogP contribution in [0.5, 0.6) is 5.75 Å². The van der Waals surface area contributed by atoms with Crippen LogP contribution < -0.4 is 10.2 Å². The second-order valence-corrected chi connectivity index (χ2v) is 13.6. The summed E-state index contributed by atoms with van der Waals surface area (Å²) in [7, 11) is -4.68. The number of phosphoric acid groups is 1. The number of benzene rings is 1. The Hall–Kier alpha value is -2.32. The number of halogens is 2. The van der Waals surface area contributed by atoms with Crippen molar-refractivity contribution in [3.8, 4) is 5.75 Å². The van der Waals surface area contributed by atoms with E-state index in [4.69, 9.17) is 31.9 Å². The maximum Gasteiger partial charge on any atom is 0.530 e.